The number of carbonyl (C=O) groups excluding carboxylic acids is 1. The molecule has 0 saturated carbocycles. The molecule has 4 nitrogen and oxygen atoms in total. The number of aliphatic hydroxyl groups is 1. The molecular weight excluding hydrogens is 286 g/mol. The van der Waals surface area contributed by atoms with Gasteiger partial charge in [-0.1, -0.05) is 11.6 Å². The molecule has 0 aromatic carbocycles. The average Bonchev–Trinajstić information content (AvgIpc) is 2.82. The lowest BCUT2D eigenvalue weighted by molar-refractivity contribution is 0.0270. The molecule has 2 rings (SSSR count). The quantitative estimate of drug-likeness (QED) is 0.867. The zero-order valence-electron chi connectivity index (χ0n) is 11.2. The van der Waals surface area contributed by atoms with Crippen molar-refractivity contribution >= 4 is 29.0 Å². The molecule has 1 amide bonds. The monoisotopic (exact) mass is 303 g/mol. The molecule has 6 heteroatoms. The summed E-state index contributed by atoms with van der Waals surface area (Å²) in [6.07, 6.45) is -0.986. The minimum Gasteiger partial charge on any atom is -0.444 e. The van der Waals surface area contributed by atoms with E-state index in [1.165, 1.54) is 16.2 Å². The zero-order chi connectivity index (χ0) is 14.2. The zero-order valence-corrected chi connectivity index (χ0v) is 12.8. The number of carbonyl (C=O) groups is 1. The molecule has 0 bridgehead atoms. The number of hydrogen-bond acceptors (Lipinski definition) is 4. The van der Waals surface area contributed by atoms with Crippen LogP contribution in [0.25, 0.3) is 0 Å². The third-order valence-corrected chi connectivity index (χ3v) is 4.20. The molecule has 1 fully saturated rings. The van der Waals surface area contributed by atoms with Crippen LogP contribution in [0, 0.1) is 0 Å². The van der Waals surface area contributed by atoms with Gasteiger partial charge in [0.25, 0.3) is 0 Å². The first-order valence-corrected chi connectivity index (χ1v) is 7.47. The number of likely N-dealkylation sites (tertiary alicyclic amines) is 1. The minimum atomic E-state index is -0.598. The van der Waals surface area contributed by atoms with Crippen molar-refractivity contribution in [2.24, 2.45) is 0 Å². The van der Waals surface area contributed by atoms with E-state index in [9.17, 15) is 9.90 Å². The SMILES string of the molecule is CC(C)(C)OC(=O)N1C[C@H](c2cscc2Cl)[C@@H](O)C1. The predicted molar refractivity (Wildman–Crippen MR) is 75.9 cm³/mol. The highest BCUT2D eigenvalue weighted by atomic mass is 35.5. The van der Waals surface area contributed by atoms with Crippen LogP contribution in [0.1, 0.15) is 32.3 Å². The molecule has 0 radical (unpaired) electrons. The fourth-order valence-electron chi connectivity index (χ4n) is 2.12. The summed E-state index contributed by atoms with van der Waals surface area (Å²) in [6.45, 7) is 6.19. The van der Waals surface area contributed by atoms with Gasteiger partial charge in [-0.25, -0.2) is 4.79 Å². The van der Waals surface area contributed by atoms with Crippen LogP contribution < -0.4 is 0 Å². The van der Waals surface area contributed by atoms with Gasteiger partial charge in [0, 0.05) is 17.8 Å². The van der Waals surface area contributed by atoms with Gasteiger partial charge in [-0.05, 0) is 31.7 Å². The highest BCUT2D eigenvalue weighted by Gasteiger charge is 2.37. The minimum absolute atomic E-state index is 0.133. The Labute approximate surface area is 121 Å². The predicted octanol–water partition coefficient (Wildman–Crippen LogP) is 3.10. The maximum Gasteiger partial charge on any atom is 0.410 e. The molecule has 1 N–H and O–H groups in total. The fraction of sp³-hybridized carbons (Fsp3) is 0.615. The Morgan fingerprint density at radius 1 is 1.47 bits per heavy atom. The van der Waals surface area contributed by atoms with Crippen molar-refractivity contribution in [3.05, 3.63) is 21.3 Å². The third kappa shape index (κ3) is 3.41. The third-order valence-electron chi connectivity index (χ3n) is 2.98. The van der Waals surface area contributed by atoms with E-state index in [-0.39, 0.29) is 18.6 Å². The molecule has 1 aliphatic rings. The summed E-state index contributed by atoms with van der Waals surface area (Å²) in [6, 6.07) is 0. The van der Waals surface area contributed by atoms with Crippen molar-refractivity contribution < 1.29 is 14.6 Å². The topological polar surface area (TPSA) is 49.8 Å². The molecule has 1 aromatic rings. The van der Waals surface area contributed by atoms with Gasteiger partial charge in [-0.15, -0.1) is 0 Å². The van der Waals surface area contributed by atoms with E-state index >= 15 is 0 Å². The second kappa shape index (κ2) is 5.31. The van der Waals surface area contributed by atoms with E-state index < -0.39 is 11.7 Å². The summed E-state index contributed by atoms with van der Waals surface area (Å²) in [4.78, 5) is 13.5. The lowest BCUT2D eigenvalue weighted by atomic mass is 9.99. The Morgan fingerprint density at radius 3 is 2.68 bits per heavy atom. The molecule has 1 aromatic heterocycles. The number of amides is 1. The van der Waals surface area contributed by atoms with E-state index in [4.69, 9.17) is 16.3 Å². The molecule has 19 heavy (non-hydrogen) atoms. The van der Waals surface area contributed by atoms with Gasteiger partial charge in [0.15, 0.2) is 0 Å². The Balaban J connectivity index is 2.06. The molecule has 0 unspecified atom stereocenters. The van der Waals surface area contributed by atoms with E-state index in [0.717, 1.165) is 5.56 Å². The van der Waals surface area contributed by atoms with Crippen LogP contribution >= 0.6 is 22.9 Å². The highest BCUT2D eigenvalue weighted by molar-refractivity contribution is 7.08. The van der Waals surface area contributed by atoms with Crippen LogP contribution in [0.5, 0.6) is 0 Å². The Hall–Kier alpha value is -0.780. The maximum atomic E-state index is 12.0. The van der Waals surface area contributed by atoms with Gasteiger partial charge < -0.3 is 14.7 Å². The summed E-state index contributed by atoms with van der Waals surface area (Å²) in [7, 11) is 0. The second-order valence-electron chi connectivity index (χ2n) is 5.73. The number of β-amino-alcohol motifs (C(OH)–C–C–N with tert-alkyl or cyclic N) is 1. The van der Waals surface area contributed by atoms with Crippen LogP contribution in [0.3, 0.4) is 0 Å². The molecule has 0 spiro atoms. The van der Waals surface area contributed by atoms with Crippen LogP contribution in [-0.4, -0.2) is 40.9 Å². The van der Waals surface area contributed by atoms with Gasteiger partial charge in [0.1, 0.15) is 5.60 Å². The molecule has 0 aliphatic carbocycles. The number of rotatable bonds is 1. The lowest BCUT2D eigenvalue weighted by Crippen LogP contribution is -2.35. The molecule has 1 aliphatic heterocycles. The molecule has 2 heterocycles. The molecule has 1 saturated heterocycles. The smallest absolute Gasteiger partial charge is 0.410 e. The largest absolute Gasteiger partial charge is 0.444 e. The number of nitrogens with zero attached hydrogens (tertiary/aromatic N) is 1. The first-order valence-electron chi connectivity index (χ1n) is 6.15. The highest BCUT2D eigenvalue weighted by Crippen LogP contribution is 2.35. The van der Waals surface area contributed by atoms with Gasteiger partial charge in [0.05, 0.1) is 17.7 Å². The van der Waals surface area contributed by atoms with Crippen molar-refractivity contribution in [1.82, 2.24) is 4.90 Å². The summed E-state index contributed by atoms with van der Waals surface area (Å²) in [5, 5.41) is 14.5. The Kier molecular flexibility index (Phi) is 4.08. The average molecular weight is 304 g/mol. The molecule has 2 atom stereocenters. The summed E-state index contributed by atoms with van der Waals surface area (Å²) in [5.41, 5.74) is 0.380. The Morgan fingerprint density at radius 2 is 2.16 bits per heavy atom. The lowest BCUT2D eigenvalue weighted by Gasteiger charge is -2.24. The first-order chi connectivity index (χ1) is 8.78. The second-order valence-corrected chi connectivity index (χ2v) is 6.89. The van der Waals surface area contributed by atoms with E-state index in [2.05, 4.69) is 0 Å². The van der Waals surface area contributed by atoms with Gasteiger partial charge in [0.2, 0.25) is 0 Å². The number of hydrogen-bond donors (Lipinski definition) is 1. The Bertz CT molecular complexity index is 469. The first kappa shape index (κ1) is 14.6. The van der Waals surface area contributed by atoms with Crippen LogP contribution in [-0.2, 0) is 4.74 Å². The van der Waals surface area contributed by atoms with Crippen molar-refractivity contribution in [3.8, 4) is 0 Å². The van der Waals surface area contributed by atoms with Gasteiger partial charge >= 0.3 is 6.09 Å². The maximum absolute atomic E-state index is 12.0. The van der Waals surface area contributed by atoms with E-state index in [0.29, 0.717) is 11.6 Å². The number of ether oxygens (including phenoxy) is 1. The fourth-order valence-corrected chi connectivity index (χ4v) is 3.31. The summed E-state index contributed by atoms with van der Waals surface area (Å²) >= 11 is 7.58. The van der Waals surface area contributed by atoms with Crippen molar-refractivity contribution in [1.29, 1.82) is 0 Å². The normalized spacial score (nSPS) is 23.7. The number of halogens is 1. The van der Waals surface area contributed by atoms with Crippen LogP contribution in [0.4, 0.5) is 4.79 Å². The van der Waals surface area contributed by atoms with Gasteiger partial charge in [-0.2, -0.15) is 11.3 Å². The summed E-state index contributed by atoms with van der Waals surface area (Å²) < 4.78 is 5.31. The number of aliphatic hydroxyl groups excluding tert-OH is 1. The molecule has 106 valence electrons. The van der Waals surface area contributed by atoms with Crippen molar-refractivity contribution in [2.45, 2.75) is 38.4 Å². The standard InChI is InChI=1S/C13H18ClNO3S/c1-13(2,3)18-12(17)15-4-8(11(16)5-15)9-6-19-7-10(9)14/h6-8,11,16H,4-5H2,1-3H3/t8-,11+/m1/s1. The summed E-state index contributed by atoms with van der Waals surface area (Å²) in [5.74, 6) is -0.133. The van der Waals surface area contributed by atoms with Crippen LogP contribution in [0.15, 0.2) is 10.8 Å². The van der Waals surface area contributed by atoms with E-state index in [1.807, 2.05) is 31.5 Å². The van der Waals surface area contributed by atoms with Gasteiger partial charge in [-0.3, -0.25) is 0 Å². The van der Waals surface area contributed by atoms with E-state index in [1.54, 1.807) is 0 Å². The van der Waals surface area contributed by atoms with Crippen molar-refractivity contribution in [3.63, 3.8) is 0 Å². The van der Waals surface area contributed by atoms with Crippen molar-refractivity contribution in [2.75, 3.05) is 13.1 Å². The molecular formula is C13H18ClNO3S. The number of thiophene rings is 1. The van der Waals surface area contributed by atoms with Crippen LogP contribution in [0.2, 0.25) is 5.02 Å².